The normalized spacial score (nSPS) is 11.2. The summed E-state index contributed by atoms with van der Waals surface area (Å²) >= 11 is 2.72. The first kappa shape index (κ1) is 14.1. The molecule has 4 aromatic rings. The Morgan fingerprint density at radius 2 is 2.17 bits per heavy atom. The van der Waals surface area contributed by atoms with Crippen molar-refractivity contribution in [2.75, 3.05) is 0 Å². The fraction of sp³-hybridized carbons (Fsp3) is 0.0625. The van der Waals surface area contributed by atoms with E-state index in [9.17, 15) is 9.90 Å². The maximum Gasteiger partial charge on any atom is 0.348 e. The van der Waals surface area contributed by atoms with Crippen LogP contribution in [0.25, 0.3) is 27.3 Å². The van der Waals surface area contributed by atoms with Crippen LogP contribution in [0.4, 0.5) is 0 Å². The monoisotopic (exact) mass is 341 g/mol. The highest BCUT2D eigenvalue weighted by atomic mass is 32.1. The molecular weight excluding hydrogens is 330 g/mol. The molecule has 0 aromatic carbocycles. The Labute approximate surface area is 139 Å². The number of thiophene rings is 1. The summed E-state index contributed by atoms with van der Waals surface area (Å²) in [6.45, 7) is 1.91. The molecule has 4 aromatic heterocycles. The van der Waals surface area contributed by atoms with Gasteiger partial charge in [0.05, 0.1) is 22.5 Å². The molecule has 23 heavy (non-hydrogen) atoms. The van der Waals surface area contributed by atoms with Crippen molar-refractivity contribution in [1.82, 2.24) is 14.6 Å². The van der Waals surface area contributed by atoms with E-state index in [2.05, 4.69) is 10.1 Å². The molecule has 0 amide bonds. The topological polar surface area (TPSA) is 67.5 Å². The fourth-order valence-electron chi connectivity index (χ4n) is 2.55. The number of thiazole rings is 1. The minimum Gasteiger partial charge on any atom is -0.477 e. The molecule has 0 unspecified atom stereocenters. The summed E-state index contributed by atoms with van der Waals surface area (Å²) in [5.41, 5.74) is 4.00. The van der Waals surface area contributed by atoms with Gasteiger partial charge in [0.1, 0.15) is 9.88 Å². The second kappa shape index (κ2) is 5.29. The van der Waals surface area contributed by atoms with E-state index >= 15 is 0 Å². The van der Waals surface area contributed by atoms with E-state index in [4.69, 9.17) is 0 Å². The van der Waals surface area contributed by atoms with Crippen LogP contribution in [0.15, 0.2) is 41.2 Å². The Hall–Kier alpha value is -2.51. The summed E-state index contributed by atoms with van der Waals surface area (Å²) in [6.07, 6.45) is 1.87. The van der Waals surface area contributed by atoms with E-state index in [1.165, 1.54) is 22.7 Å². The van der Waals surface area contributed by atoms with Gasteiger partial charge < -0.3 is 5.11 Å². The van der Waals surface area contributed by atoms with Gasteiger partial charge >= 0.3 is 5.97 Å². The van der Waals surface area contributed by atoms with Crippen molar-refractivity contribution in [3.8, 4) is 21.8 Å². The van der Waals surface area contributed by atoms with Crippen LogP contribution in [0.1, 0.15) is 15.4 Å². The highest BCUT2D eigenvalue weighted by molar-refractivity contribution is 7.17. The number of fused-ring (bicyclic) bond motifs is 1. The highest BCUT2D eigenvalue weighted by Crippen LogP contribution is 2.37. The lowest BCUT2D eigenvalue weighted by atomic mass is 10.2. The molecule has 0 bridgehead atoms. The minimum atomic E-state index is -0.955. The number of carbonyl (C=O) groups is 1. The first-order chi connectivity index (χ1) is 11.1. The number of rotatable bonds is 3. The Morgan fingerprint density at radius 3 is 2.91 bits per heavy atom. The Bertz CT molecular complexity index is 1020. The third-order valence-electron chi connectivity index (χ3n) is 3.54. The number of aryl methyl sites for hydroxylation is 1. The van der Waals surface area contributed by atoms with Crippen LogP contribution in [0.2, 0.25) is 0 Å². The predicted octanol–water partition coefficient (Wildman–Crippen LogP) is 4.19. The maximum absolute atomic E-state index is 11.6. The average molecular weight is 341 g/mol. The van der Waals surface area contributed by atoms with Crippen LogP contribution in [0.3, 0.4) is 0 Å². The molecule has 0 saturated heterocycles. The summed E-state index contributed by atoms with van der Waals surface area (Å²) in [5.74, 6) is -0.955. The number of carboxylic acid groups (broad SMARTS) is 1. The van der Waals surface area contributed by atoms with Crippen molar-refractivity contribution in [2.24, 2.45) is 0 Å². The first-order valence-corrected chi connectivity index (χ1v) is 8.62. The SMILES string of the molecule is Cc1nn2ccccc2c1-c1nc(-c2ccsc2)c(C(=O)O)s1. The molecule has 0 spiro atoms. The zero-order valence-electron chi connectivity index (χ0n) is 12.1. The second-order valence-corrected chi connectivity index (χ2v) is 6.78. The van der Waals surface area contributed by atoms with E-state index in [-0.39, 0.29) is 4.88 Å². The van der Waals surface area contributed by atoms with Gasteiger partial charge in [-0.05, 0) is 30.5 Å². The Morgan fingerprint density at radius 1 is 1.30 bits per heavy atom. The maximum atomic E-state index is 11.6. The summed E-state index contributed by atoms with van der Waals surface area (Å²) in [6, 6.07) is 7.69. The third-order valence-corrected chi connectivity index (χ3v) is 5.29. The van der Waals surface area contributed by atoms with E-state index < -0.39 is 5.97 Å². The van der Waals surface area contributed by atoms with Crippen LogP contribution in [-0.4, -0.2) is 25.7 Å². The molecule has 114 valence electrons. The molecule has 4 rings (SSSR count). The highest BCUT2D eigenvalue weighted by Gasteiger charge is 2.22. The van der Waals surface area contributed by atoms with Crippen LogP contribution < -0.4 is 0 Å². The van der Waals surface area contributed by atoms with Crippen molar-refractivity contribution >= 4 is 34.2 Å². The number of hydrogen-bond acceptors (Lipinski definition) is 5. The first-order valence-electron chi connectivity index (χ1n) is 6.86. The number of hydrogen-bond donors (Lipinski definition) is 1. The van der Waals surface area contributed by atoms with Gasteiger partial charge in [0, 0.05) is 17.1 Å². The van der Waals surface area contributed by atoms with Crippen molar-refractivity contribution in [3.63, 3.8) is 0 Å². The largest absolute Gasteiger partial charge is 0.477 e. The van der Waals surface area contributed by atoms with Crippen molar-refractivity contribution in [3.05, 3.63) is 51.8 Å². The second-order valence-electron chi connectivity index (χ2n) is 5.00. The quantitative estimate of drug-likeness (QED) is 0.606. The molecule has 0 aliphatic carbocycles. The molecule has 1 N–H and O–H groups in total. The molecular formula is C16H11N3O2S2. The van der Waals surface area contributed by atoms with Crippen LogP contribution in [-0.2, 0) is 0 Å². The van der Waals surface area contributed by atoms with E-state index in [0.29, 0.717) is 10.7 Å². The van der Waals surface area contributed by atoms with Gasteiger partial charge in [-0.2, -0.15) is 16.4 Å². The molecule has 0 saturated carbocycles. The van der Waals surface area contributed by atoms with Crippen molar-refractivity contribution in [1.29, 1.82) is 0 Å². The summed E-state index contributed by atoms with van der Waals surface area (Å²) in [5, 5.41) is 18.5. The molecule has 0 atom stereocenters. The van der Waals surface area contributed by atoms with Crippen LogP contribution in [0, 0.1) is 6.92 Å². The predicted molar refractivity (Wildman–Crippen MR) is 91.3 cm³/mol. The molecule has 0 fully saturated rings. The number of carboxylic acids is 1. The molecule has 0 aliphatic heterocycles. The van der Waals surface area contributed by atoms with E-state index in [1.54, 1.807) is 4.52 Å². The van der Waals surface area contributed by atoms with Gasteiger partial charge in [-0.1, -0.05) is 6.07 Å². The summed E-state index contributed by atoms with van der Waals surface area (Å²) < 4.78 is 1.79. The summed E-state index contributed by atoms with van der Waals surface area (Å²) in [4.78, 5) is 16.5. The van der Waals surface area contributed by atoms with Gasteiger partial charge in [-0.3, -0.25) is 0 Å². The fourth-order valence-corrected chi connectivity index (χ4v) is 4.22. The average Bonchev–Trinajstić information content (AvgIpc) is 3.23. The number of nitrogens with zero attached hydrogens (tertiary/aromatic N) is 3. The van der Waals surface area contributed by atoms with Crippen LogP contribution in [0.5, 0.6) is 0 Å². The molecule has 5 nitrogen and oxygen atoms in total. The van der Waals surface area contributed by atoms with Gasteiger partial charge in [0.15, 0.2) is 0 Å². The lowest BCUT2D eigenvalue weighted by molar-refractivity contribution is 0.0702. The minimum absolute atomic E-state index is 0.257. The van der Waals surface area contributed by atoms with Gasteiger partial charge in [-0.15, -0.1) is 11.3 Å². The molecule has 0 aliphatic rings. The summed E-state index contributed by atoms with van der Waals surface area (Å²) in [7, 11) is 0. The Balaban J connectivity index is 1.98. The van der Waals surface area contributed by atoms with E-state index in [1.807, 2.05) is 48.1 Å². The Kier molecular flexibility index (Phi) is 3.24. The third kappa shape index (κ3) is 2.25. The van der Waals surface area contributed by atoms with Crippen LogP contribution >= 0.6 is 22.7 Å². The zero-order chi connectivity index (χ0) is 16.0. The lowest BCUT2D eigenvalue weighted by Gasteiger charge is -1.95. The van der Waals surface area contributed by atoms with E-state index in [0.717, 1.165) is 22.3 Å². The molecule has 4 heterocycles. The smallest absolute Gasteiger partial charge is 0.348 e. The number of aromatic carboxylic acids is 1. The molecule has 0 radical (unpaired) electrons. The van der Waals surface area contributed by atoms with Gasteiger partial charge in [0.25, 0.3) is 0 Å². The van der Waals surface area contributed by atoms with Gasteiger partial charge in [-0.25, -0.2) is 14.3 Å². The van der Waals surface area contributed by atoms with Crippen molar-refractivity contribution in [2.45, 2.75) is 6.92 Å². The number of pyridine rings is 1. The lowest BCUT2D eigenvalue weighted by Crippen LogP contribution is -1.94. The molecule has 7 heteroatoms. The van der Waals surface area contributed by atoms with Gasteiger partial charge in [0.2, 0.25) is 0 Å². The van der Waals surface area contributed by atoms with Crippen molar-refractivity contribution < 1.29 is 9.90 Å². The zero-order valence-corrected chi connectivity index (χ0v) is 13.7. The standard InChI is InChI=1S/C16H11N3O2S2/c1-9-12(11-4-2-3-6-19(11)18-9)15-17-13(10-5-7-22-8-10)14(23-15)16(20)21/h2-8H,1H3,(H,20,21). The number of aromatic nitrogens is 3.